The molecule has 12 nitrogen and oxygen atoms in total. The molecule has 14 heteroatoms. The molecule has 2 atom stereocenters. The summed E-state index contributed by atoms with van der Waals surface area (Å²) in [6.07, 6.45) is 0.0844. The molecule has 1 heterocycles. The Hall–Kier alpha value is -3.62. The Balaban J connectivity index is 1.80. The fourth-order valence-corrected chi connectivity index (χ4v) is 6.30. The molecule has 1 fully saturated rings. The number of carbonyl (C=O) groups is 4. The molecule has 2 N–H and O–H groups in total. The first kappa shape index (κ1) is 29.9. The smallest absolute Gasteiger partial charge is 0.339 e. The molecule has 39 heavy (non-hydrogen) atoms. The molecule has 0 spiro atoms. The number of thiol groups is 1. The number of carbonyl (C=O) groups excluding carboxylic acids is 3. The van der Waals surface area contributed by atoms with E-state index in [0.717, 1.165) is 15.3 Å². The molecule has 1 aliphatic heterocycles. The molecule has 0 saturated carbocycles. The molecule has 1 aliphatic rings. The van der Waals surface area contributed by atoms with E-state index in [1.165, 1.54) is 38.4 Å². The van der Waals surface area contributed by atoms with E-state index in [-0.39, 0.29) is 47.0 Å². The zero-order valence-electron chi connectivity index (χ0n) is 21.5. The molecule has 0 aromatic heterocycles. The number of likely N-dealkylation sites (N-methyl/N-ethyl adjacent to an activating group) is 1. The Kier molecular flexibility index (Phi) is 9.59. The van der Waals surface area contributed by atoms with Crippen molar-refractivity contribution in [1.82, 2.24) is 9.21 Å². The van der Waals surface area contributed by atoms with Gasteiger partial charge >= 0.3 is 11.9 Å². The minimum Gasteiger partial charge on any atom is -0.493 e. The average molecular weight is 580 g/mol. The number of methoxy groups -OCH3 is 1. The molecule has 3 rings (SSSR count). The lowest BCUT2D eigenvalue weighted by Gasteiger charge is -2.27. The van der Waals surface area contributed by atoms with Gasteiger partial charge in [0.15, 0.2) is 0 Å². The number of nitrogens with zero attached hydrogens (tertiary/aromatic N) is 2. The minimum absolute atomic E-state index is 0.0181. The Morgan fingerprint density at radius 2 is 1.85 bits per heavy atom. The van der Waals surface area contributed by atoms with E-state index in [2.05, 4.69) is 17.9 Å². The highest BCUT2D eigenvalue weighted by Gasteiger charge is 2.44. The lowest BCUT2D eigenvalue weighted by molar-refractivity contribution is -0.136. The Labute approximate surface area is 231 Å². The summed E-state index contributed by atoms with van der Waals surface area (Å²) < 4.78 is 38.0. The second-order valence-corrected chi connectivity index (χ2v) is 11.3. The number of ether oxygens (including phenoxy) is 2. The van der Waals surface area contributed by atoms with Gasteiger partial charge in [-0.15, -0.1) is 0 Å². The van der Waals surface area contributed by atoms with Gasteiger partial charge in [0.2, 0.25) is 21.8 Å². The number of aromatic carboxylic acids is 1. The predicted octanol–water partition coefficient (Wildman–Crippen LogP) is 1.73. The van der Waals surface area contributed by atoms with Crippen molar-refractivity contribution in [2.75, 3.05) is 39.2 Å². The maximum absolute atomic E-state index is 13.5. The number of hydrogen-bond donors (Lipinski definition) is 3. The number of nitrogens with one attached hydrogen (secondary N) is 1. The van der Waals surface area contributed by atoms with Gasteiger partial charge in [-0.05, 0) is 43.7 Å². The van der Waals surface area contributed by atoms with Gasteiger partial charge in [-0.3, -0.25) is 9.59 Å². The van der Waals surface area contributed by atoms with E-state index >= 15 is 0 Å². The van der Waals surface area contributed by atoms with Gasteiger partial charge in [0.25, 0.3) is 0 Å². The fraction of sp³-hybridized carbons (Fsp3) is 0.360. The maximum Gasteiger partial charge on any atom is 0.339 e. The number of anilines is 1. The lowest BCUT2D eigenvalue weighted by Crippen LogP contribution is -2.48. The molecule has 0 aliphatic carbocycles. The maximum atomic E-state index is 13.5. The highest BCUT2D eigenvalue weighted by molar-refractivity contribution is 7.89. The highest BCUT2D eigenvalue weighted by atomic mass is 32.2. The van der Waals surface area contributed by atoms with Crippen LogP contribution < -0.4 is 10.1 Å². The van der Waals surface area contributed by atoms with Crippen LogP contribution in [0.2, 0.25) is 0 Å². The first-order chi connectivity index (χ1) is 18.4. The van der Waals surface area contributed by atoms with E-state index in [9.17, 15) is 32.7 Å². The molecule has 2 aromatic rings. The van der Waals surface area contributed by atoms with Crippen LogP contribution in [-0.4, -0.2) is 91.6 Å². The van der Waals surface area contributed by atoms with Crippen molar-refractivity contribution in [1.29, 1.82) is 0 Å². The first-order valence-corrected chi connectivity index (χ1v) is 13.8. The number of hydrogen-bond acceptors (Lipinski definition) is 9. The van der Waals surface area contributed by atoms with Crippen LogP contribution in [-0.2, 0) is 24.3 Å². The van der Waals surface area contributed by atoms with Gasteiger partial charge < -0.3 is 24.8 Å². The third kappa shape index (κ3) is 6.69. The third-order valence-electron chi connectivity index (χ3n) is 5.97. The van der Waals surface area contributed by atoms with Crippen LogP contribution in [0.25, 0.3) is 0 Å². The fourth-order valence-electron chi connectivity index (χ4n) is 4.15. The van der Waals surface area contributed by atoms with E-state index in [0.29, 0.717) is 0 Å². The molecule has 2 amide bonds. The van der Waals surface area contributed by atoms with Gasteiger partial charge in [0, 0.05) is 18.8 Å². The largest absolute Gasteiger partial charge is 0.493 e. The molecule has 210 valence electrons. The Morgan fingerprint density at radius 3 is 2.49 bits per heavy atom. The van der Waals surface area contributed by atoms with E-state index in [1.54, 1.807) is 19.1 Å². The second-order valence-electron chi connectivity index (χ2n) is 8.66. The lowest BCUT2D eigenvalue weighted by atomic mass is 10.1. The highest BCUT2D eigenvalue weighted by Crippen LogP contribution is 2.32. The first-order valence-electron chi connectivity index (χ1n) is 11.8. The number of para-hydroxylation sites is 1. The van der Waals surface area contributed by atoms with E-state index in [4.69, 9.17) is 9.47 Å². The van der Waals surface area contributed by atoms with Gasteiger partial charge in [-0.25, -0.2) is 18.0 Å². The van der Waals surface area contributed by atoms with Crippen molar-refractivity contribution in [3.05, 3.63) is 53.6 Å². The minimum atomic E-state index is -4.32. The SMILES string of the molecule is CCOc1ccc(S(=O)(=O)N2CC(S)CC2C(=O)N(C)CC(=O)Nc2ccccc2C(=O)OC)cc1C(=O)O. The molecule has 2 unspecified atom stereocenters. The summed E-state index contributed by atoms with van der Waals surface area (Å²) >= 11 is 4.38. The molecule has 1 saturated heterocycles. The summed E-state index contributed by atoms with van der Waals surface area (Å²) in [6, 6.07) is 8.49. The number of amides is 2. The van der Waals surface area contributed by atoms with Crippen LogP contribution in [0.1, 0.15) is 34.1 Å². The Bertz CT molecular complexity index is 1380. The number of esters is 1. The van der Waals surface area contributed by atoms with Crippen molar-refractivity contribution >= 4 is 52.1 Å². The summed E-state index contributed by atoms with van der Waals surface area (Å²) in [4.78, 5) is 50.4. The van der Waals surface area contributed by atoms with Gasteiger partial charge in [0.05, 0.1) is 36.4 Å². The van der Waals surface area contributed by atoms with Crippen molar-refractivity contribution in [2.24, 2.45) is 0 Å². The van der Waals surface area contributed by atoms with Gasteiger partial charge in [-0.1, -0.05) is 12.1 Å². The van der Waals surface area contributed by atoms with Crippen LogP contribution in [0.4, 0.5) is 5.69 Å². The van der Waals surface area contributed by atoms with Crippen LogP contribution in [0, 0.1) is 0 Å². The van der Waals surface area contributed by atoms with E-state index < -0.39 is 51.6 Å². The number of benzene rings is 2. The summed E-state index contributed by atoms with van der Waals surface area (Å²) in [6.45, 7) is 1.33. The summed E-state index contributed by atoms with van der Waals surface area (Å²) in [5.74, 6) is -3.26. The molecule has 2 aromatic carbocycles. The molecule has 0 bridgehead atoms. The standard InChI is InChI=1S/C25H29N3O9S2/c1-4-37-21-10-9-16(12-18(21)24(31)32)39(34,35)28-13-15(38)11-20(28)23(30)27(2)14-22(29)26-19-8-6-5-7-17(19)25(33)36-3/h5-10,12,15,20,38H,4,11,13-14H2,1-3H3,(H,26,29)(H,31,32). The van der Waals surface area contributed by atoms with Crippen LogP contribution in [0.3, 0.4) is 0 Å². The van der Waals surface area contributed by atoms with Crippen molar-refractivity contribution in [3.63, 3.8) is 0 Å². The third-order valence-corrected chi connectivity index (χ3v) is 8.21. The van der Waals surface area contributed by atoms with Crippen molar-refractivity contribution < 1.29 is 42.2 Å². The van der Waals surface area contributed by atoms with Crippen LogP contribution >= 0.6 is 12.6 Å². The average Bonchev–Trinajstić information content (AvgIpc) is 3.30. The summed E-state index contributed by atoms with van der Waals surface area (Å²) in [5, 5.41) is 11.6. The Morgan fingerprint density at radius 1 is 1.15 bits per heavy atom. The van der Waals surface area contributed by atoms with Crippen LogP contribution in [0.15, 0.2) is 47.4 Å². The number of carboxylic acid groups (broad SMARTS) is 1. The normalized spacial score (nSPS) is 17.3. The zero-order valence-corrected chi connectivity index (χ0v) is 23.2. The predicted molar refractivity (Wildman–Crippen MR) is 144 cm³/mol. The number of sulfonamides is 1. The summed E-state index contributed by atoms with van der Waals surface area (Å²) in [7, 11) is -1.76. The quantitative estimate of drug-likeness (QED) is 0.281. The zero-order chi connectivity index (χ0) is 28.9. The second kappa shape index (κ2) is 12.5. The molecular weight excluding hydrogens is 550 g/mol. The van der Waals surface area contributed by atoms with Crippen molar-refractivity contribution in [2.45, 2.75) is 29.5 Å². The van der Waals surface area contributed by atoms with Crippen molar-refractivity contribution in [3.8, 4) is 5.75 Å². The topological polar surface area (TPSA) is 160 Å². The monoisotopic (exact) mass is 579 g/mol. The van der Waals surface area contributed by atoms with Gasteiger partial charge in [0.1, 0.15) is 17.4 Å². The number of rotatable bonds is 10. The van der Waals surface area contributed by atoms with Gasteiger partial charge in [-0.2, -0.15) is 16.9 Å². The van der Waals surface area contributed by atoms with Crippen LogP contribution in [0.5, 0.6) is 5.75 Å². The summed E-state index contributed by atoms with van der Waals surface area (Å²) in [5.41, 5.74) is -0.00624. The molecule has 0 radical (unpaired) electrons. The molecular formula is C25H29N3O9S2. The van der Waals surface area contributed by atoms with E-state index in [1.807, 2.05) is 0 Å². The number of carboxylic acids is 1.